The molecule has 0 unspecified atom stereocenters. The monoisotopic (exact) mass is 398 g/mol. The van der Waals surface area contributed by atoms with Crippen LogP contribution >= 0.6 is 11.3 Å². The number of nitrogens with one attached hydrogen (secondary N) is 2. The van der Waals surface area contributed by atoms with Crippen LogP contribution in [0.25, 0.3) is 21.5 Å². The first-order valence-electron chi connectivity index (χ1n) is 8.81. The summed E-state index contributed by atoms with van der Waals surface area (Å²) < 4.78 is 18.6. The lowest BCUT2D eigenvalue weighted by Crippen LogP contribution is -2.31. The maximum Gasteiger partial charge on any atom is 0.417 e. The van der Waals surface area contributed by atoms with E-state index in [0.29, 0.717) is 24.1 Å². The lowest BCUT2D eigenvalue weighted by molar-refractivity contribution is 0.555. The Morgan fingerprint density at radius 1 is 1.32 bits per heavy atom. The van der Waals surface area contributed by atoms with Crippen LogP contribution in [0.15, 0.2) is 51.8 Å². The number of hydrogen-bond donors (Lipinski definition) is 3. The summed E-state index contributed by atoms with van der Waals surface area (Å²) in [6, 6.07) is 10.3. The summed E-state index contributed by atoms with van der Waals surface area (Å²) in [5.41, 5.74) is 10.0. The van der Waals surface area contributed by atoms with Crippen LogP contribution < -0.4 is 16.8 Å². The molecule has 0 amide bonds. The SMILES string of the molecule is Cc1cc(F)cc(C[C@H](N)CNc2ncc(-c3ccc4[nH]c(=O)oc4c3)s2)c1. The molecule has 0 bridgehead atoms. The van der Waals surface area contributed by atoms with Crippen molar-refractivity contribution in [2.24, 2.45) is 5.73 Å². The lowest BCUT2D eigenvalue weighted by Gasteiger charge is -2.12. The number of thiazole rings is 1. The van der Waals surface area contributed by atoms with Crippen molar-refractivity contribution in [1.82, 2.24) is 9.97 Å². The van der Waals surface area contributed by atoms with Crippen LogP contribution in [0.3, 0.4) is 0 Å². The molecular weight excluding hydrogens is 379 g/mol. The third kappa shape index (κ3) is 4.13. The molecule has 28 heavy (non-hydrogen) atoms. The summed E-state index contributed by atoms with van der Waals surface area (Å²) in [6.07, 6.45) is 2.34. The van der Waals surface area contributed by atoms with Gasteiger partial charge in [-0.2, -0.15) is 0 Å². The minimum absolute atomic E-state index is 0.168. The highest BCUT2D eigenvalue weighted by Crippen LogP contribution is 2.30. The maximum absolute atomic E-state index is 13.5. The Kier molecular flexibility index (Phi) is 4.97. The summed E-state index contributed by atoms with van der Waals surface area (Å²) in [4.78, 5) is 19.2. The van der Waals surface area contributed by atoms with E-state index in [-0.39, 0.29) is 11.9 Å². The Labute approximate surface area is 164 Å². The molecule has 4 aromatic rings. The highest BCUT2D eigenvalue weighted by Gasteiger charge is 2.10. The van der Waals surface area contributed by atoms with Gasteiger partial charge in [-0.15, -0.1) is 0 Å². The van der Waals surface area contributed by atoms with Crippen molar-refractivity contribution >= 4 is 27.6 Å². The molecule has 2 aromatic carbocycles. The normalized spacial score (nSPS) is 12.4. The maximum atomic E-state index is 13.5. The van der Waals surface area contributed by atoms with Crippen molar-refractivity contribution in [3.05, 3.63) is 70.1 Å². The van der Waals surface area contributed by atoms with E-state index in [1.165, 1.54) is 23.5 Å². The number of aromatic nitrogens is 2. The molecule has 0 aliphatic rings. The molecule has 4 rings (SSSR count). The quantitative estimate of drug-likeness (QED) is 0.460. The number of H-pyrrole nitrogens is 1. The van der Waals surface area contributed by atoms with E-state index in [1.54, 1.807) is 12.3 Å². The molecule has 144 valence electrons. The summed E-state index contributed by atoms with van der Waals surface area (Å²) in [5.74, 6) is -0.712. The molecule has 6 nitrogen and oxygen atoms in total. The van der Waals surface area contributed by atoms with Gasteiger partial charge in [0.1, 0.15) is 5.82 Å². The van der Waals surface area contributed by atoms with E-state index >= 15 is 0 Å². The van der Waals surface area contributed by atoms with Crippen LogP contribution in [0.1, 0.15) is 11.1 Å². The Morgan fingerprint density at radius 3 is 3.00 bits per heavy atom. The number of aromatic amines is 1. The second kappa shape index (κ2) is 7.57. The molecule has 0 saturated heterocycles. The first kappa shape index (κ1) is 18.4. The number of anilines is 1. The van der Waals surface area contributed by atoms with Gasteiger partial charge in [-0.3, -0.25) is 4.98 Å². The molecule has 4 N–H and O–H groups in total. The van der Waals surface area contributed by atoms with Crippen LogP contribution in [0.2, 0.25) is 0 Å². The molecule has 0 aliphatic carbocycles. The number of benzene rings is 2. The van der Waals surface area contributed by atoms with Crippen molar-refractivity contribution in [3.63, 3.8) is 0 Å². The zero-order valence-corrected chi connectivity index (χ0v) is 16.0. The first-order valence-corrected chi connectivity index (χ1v) is 9.62. The lowest BCUT2D eigenvalue weighted by atomic mass is 10.0. The Balaban J connectivity index is 1.40. The zero-order chi connectivity index (χ0) is 19.7. The number of nitrogens with two attached hydrogens (primary N) is 1. The van der Waals surface area contributed by atoms with E-state index in [4.69, 9.17) is 10.2 Å². The second-order valence-corrected chi connectivity index (χ2v) is 7.77. The highest BCUT2D eigenvalue weighted by atomic mass is 32.1. The third-order valence-electron chi connectivity index (χ3n) is 4.33. The van der Waals surface area contributed by atoms with Crippen molar-refractivity contribution in [1.29, 1.82) is 0 Å². The number of oxazole rings is 1. The number of halogens is 1. The van der Waals surface area contributed by atoms with Gasteiger partial charge in [0, 0.05) is 18.8 Å². The number of hydrogen-bond acceptors (Lipinski definition) is 6. The van der Waals surface area contributed by atoms with E-state index < -0.39 is 5.76 Å². The fourth-order valence-electron chi connectivity index (χ4n) is 3.11. The van der Waals surface area contributed by atoms with E-state index in [2.05, 4.69) is 15.3 Å². The number of nitrogens with zero attached hydrogens (tertiary/aromatic N) is 1. The van der Waals surface area contributed by atoms with E-state index in [9.17, 15) is 9.18 Å². The van der Waals surface area contributed by atoms with Gasteiger partial charge >= 0.3 is 5.76 Å². The van der Waals surface area contributed by atoms with Gasteiger partial charge in [-0.05, 0) is 54.3 Å². The summed E-state index contributed by atoms with van der Waals surface area (Å²) in [6.45, 7) is 2.39. The van der Waals surface area contributed by atoms with Gasteiger partial charge < -0.3 is 15.5 Å². The Bertz CT molecular complexity index is 1160. The Morgan fingerprint density at radius 2 is 2.18 bits per heavy atom. The molecule has 1 atom stereocenters. The average molecular weight is 398 g/mol. The predicted molar refractivity (Wildman–Crippen MR) is 109 cm³/mol. The third-order valence-corrected chi connectivity index (χ3v) is 5.33. The molecule has 0 fully saturated rings. The molecular formula is C20H19FN4O2S. The largest absolute Gasteiger partial charge is 0.417 e. The number of aryl methyl sites for hydroxylation is 1. The molecule has 2 heterocycles. The van der Waals surface area contributed by atoms with E-state index in [0.717, 1.165) is 26.7 Å². The highest BCUT2D eigenvalue weighted by molar-refractivity contribution is 7.18. The van der Waals surface area contributed by atoms with Gasteiger partial charge in [0.05, 0.1) is 10.4 Å². The van der Waals surface area contributed by atoms with Crippen molar-refractivity contribution < 1.29 is 8.81 Å². The molecule has 8 heteroatoms. The summed E-state index contributed by atoms with van der Waals surface area (Å²) >= 11 is 1.49. The molecule has 2 aromatic heterocycles. The molecule has 0 aliphatic heterocycles. The van der Waals surface area contributed by atoms with Crippen LogP contribution in [-0.4, -0.2) is 22.6 Å². The van der Waals surface area contributed by atoms with Crippen LogP contribution in [0.4, 0.5) is 9.52 Å². The van der Waals surface area contributed by atoms with Gasteiger partial charge in [0.15, 0.2) is 10.7 Å². The van der Waals surface area contributed by atoms with Gasteiger partial charge in [-0.1, -0.05) is 23.5 Å². The zero-order valence-electron chi connectivity index (χ0n) is 15.2. The van der Waals surface area contributed by atoms with Gasteiger partial charge in [0.25, 0.3) is 0 Å². The minimum atomic E-state index is -0.471. The average Bonchev–Trinajstić information content (AvgIpc) is 3.23. The standard InChI is InChI=1S/C20H19FN4O2S/c1-11-4-12(6-14(21)5-11)7-15(22)9-23-19-24-10-18(28-19)13-2-3-16-17(8-13)27-20(26)25-16/h2-6,8,10,15H,7,9,22H2,1H3,(H,23,24)(H,25,26)/t15-/m0/s1. The van der Waals surface area contributed by atoms with E-state index in [1.807, 2.05) is 25.1 Å². The minimum Gasteiger partial charge on any atom is -0.408 e. The van der Waals surface area contributed by atoms with Crippen LogP contribution in [0, 0.1) is 12.7 Å². The van der Waals surface area contributed by atoms with Crippen molar-refractivity contribution in [3.8, 4) is 10.4 Å². The van der Waals surface area contributed by atoms with Crippen molar-refractivity contribution in [2.45, 2.75) is 19.4 Å². The Hall–Kier alpha value is -2.97. The van der Waals surface area contributed by atoms with Crippen molar-refractivity contribution in [2.75, 3.05) is 11.9 Å². The molecule has 0 saturated carbocycles. The second-order valence-electron chi connectivity index (χ2n) is 6.74. The van der Waals surface area contributed by atoms with Crippen LogP contribution in [-0.2, 0) is 6.42 Å². The van der Waals surface area contributed by atoms with Gasteiger partial charge in [-0.25, -0.2) is 14.2 Å². The topological polar surface area (TPSA) is 96.9 Å². The van der Waals surface area contributed by atoms with Gasteiger partial charge in [0.2, 0.25) is 0 Å². The van der Waals surface area contributed by atoms with Crippen LogP contribution in [0.5, 0.6) is 0 Å². The number of fused-ring (bicyclic) bond motifs is 1. The molecule has 0 radical (unpaired) electrons. The molecule has 0 spiro atoms. The predicted octanol–water partition coefficient (Wildman–Crippen LogP) is 3.67. The summed E-state index contributed by atoms with van der Waals surface area (Å²) in [7, 11) is 0. The summed E-state index contributed by atoms with van der Waals surface area (Å²) in [5, 5.41) is 3.98. The number of rotatable bonds is 6. The smallest absolute Gasteiger partial charge is 0.408 e. The fraction of sp³-hybridized carbons (Fsp3) is 0.200. The fourth-order valence-corrected chi connectivity index (χ4v) is 3.93. The first-order chi connectivity index (χ1) is 13.5.